The molecule has 1 saturated carbocycles. The smallest absolute Gasteiger partial charge is 0.238 e. The van der Waals surface area contributed by atoms with E-state index < -0.39 is 5.54 Å². The summed E-state index contributed by atoms with van der Waals surface area (Å²) in [6, 6.07) is 0. The van der Waals surface area contributed by atoms with Crippen LogP contribution in [0.5, 0.6) is 0 Å². The van der Waals surface area contributed by atoms with Gasteiger partial charge in [0.05, 0.1) is 0 Å². The van der Waals surface area contributed by atoms with Gasteiger partial charge >= 0.3 is 0 Å². The van der Waals surface area contributed by atoms with Crippen molar-refractivity contribution >= 4 is 5.91 Å². The highest BCUT2D eigenvalue weighted by Crippen LogP contribution is 2.40. The summed E-state index contributed by atoms with van der Waals surface area (Å²) in [6.07, 6.45) is 5.06. The molecular formula is C10H20N2O. The lowest BCUT2D eigenvalue weighted by Crippen LogP contribution is -2.61. The maximum absolute atomic E-state index is 11.3. The first-order valence-electron chi connectivity index (χ1n) is 4.99. The highest BCUT2D eigenvalue weighted by atomic mass is 16.1. The fourth-order valence-electron chi connectivity index (χ4n) is 2.17. The Kier molecular flexibility index (Phi) is 2.66. The Bertz CT molecular complexity index is 213. The molecule has 1 aliphatic carbocycles. The molecule has 1 rings (SSSR count). The lowest BCUT2D eigenvalue weighted by molar-refractivity contribution is -0.127. The van der Waals surface area contributed by atoms with Crippen LogP contribution in [0.2, 0.25) is 0 Å². The molecule has 1 aliphatic rings. The van der Waals surface area contributed by atoms with Gasteiger partial charge in [0.25, 0.3) is 0 Å². The Balaban J connectivity index is 2.95. The molecule has 0 aliphatic heterocycles. The normalized spacial score (nSPS) is 33.8. The Morgan fingerprint density at radius 2 is 1.69 bits per heavy atom. The minimum absolute atomic E-state index is 0.157. The number of amides is 1. The summed E-state index contributed by atoms with van der Waals surface area (Å²) in [4.78, 5) is 11.3. The highest BCUT2D eigenvalue weighted by molar-refractivity contribution is 5.85. The van der Waals surface area contributed by atoms with Crippen molar-refractivity contribution in [1.82, 2.24) is 0 Å². The van der Waals surface area contributed by atoms with Gasteiger partial charge in [-0.3, -0.25) is 4.79 Å². The number of carbonyl (C=O) groups excluding carboxylic acids is 1. The molecule has 3 nitrogen and oxygen atoms in total. The van der Waals surface area contributed by atoms with Crippen molar-refractivity contribution in [2.75, 3.05) is 0 Å². The van der Waals surface area contributed by atoms with Crippen LogP contribution in [0.15, 0.2) is 0 Å². The minimum atomic E-state index is -0.802. The lowest BCUT2D eigenvalue weighted by Gasteiger charge is -2.40. The molecule has 0 radical (unpaired) electrons. The van der Waals surface area contributed by atoms with Crippen LogP contribution in [0, 0.1) is 5.41 Å². The predicted octanol–water partition coefficient (Wildman–Crippen LogP) is 1.16. The Hall–Kier alpha value is -0.570. The van der Waals surface area contributed by atoms with Gasteiger partial charge in [-0.2, -0.15) is 0 Å². The van der Waals surface area contributed by atoms with Gasteiger partial charge in [0.2, 0.25) is 5.91 Å². The van der Waals surface area contributed by atoms with Crippen LogP contribution in [-0.2, 0) is 4.79 Å². The van der Waals surface area contributed by atoms with Crippen molar-refractivity contribution in [1.29, 1.82) is 0 Å². The van der Waals surface area contributed by atoms with Gasteiger partial charge in [0, 0.05) is 0 Å². The van der Waals surface area contributed by atoms with Crippen LogP contribution in [0.1, 0.15) is 46.0 Å². The zero-order chi connectivity index (χ0) is 10.1. The number of hydrogen-bond donors (Lipinski definition) is 2. The van der Waals surface area contributed by atoms with Crippen LogP contribution in [0.3, 0.4) is 0 Å². The second-order valence-corrected chi connectivity index (χ2v) is 4.78. The van der Waals surface area contributed by atoms with E-state index in [0.29, 0.717) is 0 Å². The van der Waals surface area contributed by atoms with Gasteiger partial charge in [-0.15, -0.1) is 0 Å². The molecule has 0 heterocycles. The first-order chi connectivity index (χ1) is 5.90. The zero-order valence-electron chi connectivity index (χ0n) is 8.60. The fourth-order valence-corrected chi connectivity index (χ4v) is 2.17. The van der Waals surface area contributed by atoms with Crippen LogP contribution in [0.4, 0.5) is 0 Å². The third-order valence-corrected chi connectivity index (χ3v) is 3.52. The molecule has 1 amide bonds. The molecule has 0 aromatic rings. The first kappa shape index (κ1) is 10.5. The van der Waals surface area contributed by atoms with Gasteiger partial charge < -0.3 is 11.5 Å². The summed E-state index contributed by atoms with van der Waals surface area (Å²) in [7, 11) is 0. The van der Waals surface area contributed by atoms with E-state index in [4.69, 9.17) is 11.5 Å². The quantitative estimate of drug-likeness (QED) is 0.600. The van der Waals surface area contributed by atoms with E-state index in [-0.39, 0.29) is 11.3 Å². The van der Waals surface area contributed by atoms with Crippen molar-refractivity contribution in [2.45, 2.75) is 51.5 Å². The Morgan fingerprint density at radius 3 is 2.23 bits per heavy atom. The van der Waals surface area contributed by atoms with E-state index in [2.05, 4.69) is 0 Å². The zero-order valence-corrected chi connectivity index (χ0v) is 8.60. The Labute approximate surface area is 79.9 Å². The molecule has 0 aromatic heterocycles. The molecule has 1 unspecified atom stereocenters. The molecule has 0 saturated heterocycles. The lowest BCUT2D eigenvalue weighted by atomic mass is 9.69. The van der Waals surface area contributed by atoms with Gasteiger partial charge in [0.1, 0.15) is 5.54 Å². The predicted molar refractivity (Wildman–Crippen MR) is 53.0 cm³/mol. The number of rotatable bonds is 1. The number of hydrogen-bond acceptors (Lipinski definition) is 2. The average molecular weight is 184 g/mol. The van der Waals surface area contributed by atoms with Crippen molar-refractivity contribution in [3.05, 3.63) is 0 Å². The highest BCUT2D eigenvalue weighted by Gasteiger charge is 2.46. The molecule has 13 heavy (non-hydrogen) atoms. The molecule has 76 valence electrons. The monoisotopic (exact) mass is 184 g/mol. The standard InChI is InChI=1S/C10H20N2O/c1-9(2)6-4-3-5-7-10(9,12)8(11)13/h3-7,12H2,1-2H3,(H2,11,13). The minimum Gasteiger partial charge on any atom is -0.368 e. The molecule has 0 aromatic carbocycles. The van der Waals surface area contributed by atoms with Crippen LogP contribution < -0.4 is 11.5 Å². The van der Waals surface area contributed by atoms with Crippen molar-refractivity contribution in [2.24, 2.45) is 16.9 Å². The van der Waals surface area contributed by atoms with Gasteiger partial charge in [-0.1, -0.05) is 33.1 Å². The second kappa shape index (κ2) is 3.29. The van der Waals surface area contributed by atoms with Crippen molar-refractivity contribution < 1.29 is 4.79 Å². The van der Waals surface area contributed by atoms with Crippen molar-refractivity contribution in [3.63, 3.8) is 0 Å². The van der Waals surface area contributed by atoms with Gasteiger partial charge in [-0.05, 0) is 18.3 Å². The molecule has 0 spiro atoms. The third kappa shape index (κ3) is 1.70. The van der Waals surface area contributed by atoms with Gasteiger partial charge in [0.15, 0.2) is 0 Å². The van der Waals surface area contributed by atoms with E-state index >= 15 is 0 Å². The van der Waals surface area contributed by atoms with E-state index in [1.165, 1.54) is 0 Å². The van der Waals surface area contributed by atoms with E-state index in [9.17, 15) is 4.79 Å². The summed E-state index contributed by atoms with van der Waals surface area (Å²) >= 11 is 0. The molecule has 0 bridgehead atoms. The molecule has 1 atom stereocenters. The molecular weight excluding hydrogens is 164 g/mol. The second-order valence-electron chi connectivity index (χ2n) is 4.78. The van der Waals surface area contributed by atoms with Gasteiger partial charge in [-0.25, -0.2) is 0 Å². The number of primary amides is 1. The molecule has 3 heteroatoms. The van der Waals surface area contributed by atoms with Crippen LogP contribution >= 0.6 is 0 Å². The van der Waals surface area contributed by atoms with E-state index in [1.54, 1.807) is 0 Å². The summed E-state index contributed by atoms with van der Waals surface area (Å²) in [5, 5.41) is 0. The number of nitrogens with two attached hydrogens (primary N) is 2. The summed E-state index contributed by atoms with van der Waals surface area (Å²) < 4.78 is 0. The average Bonchev–Trinajstić information content (AvgIpc) is 2.13. The van der Waals surface area contributed by atoms with Crippen molar-refractivity contribution in [3.8, 4) is 0 Å². The van der Waals surface area contributed by atoms with E-state index in [1.807, 2.05) is 13.8 Å². The molecule has 1 fully saturated rings. The fraction of sp³-hybridized carbons (Fsp3) is 0.900. The summed E-state index contributed by atoms with van der Waals surface area (Å²) in [5.74, 6) is -0.348. The van der Waals surface area contributed by atoms with E-state index in [0.717, 1.165) is 32.1 Å². The molecule has 4 N–H and O–H groups in total. The summed E-state index contributed by atoms with van der Waals surface area (Å²) in [5.41, 5.74) is 10.5. The SMILES string of the molecule is CC1(C)CCCCCC1(N)C(N)=O. The summed E-state index contributed by atoms with van der Waals surface area (Å²) in [6.45, 7) is 4.09. The third-order valence-electron chi connectivity index (χ3n) is 3.52. The van der Waals surface area contributed by atoms with Crippen LogP contribution in [0.25, 0.3) is 0 Å². The number of carbonyl (C=O) groups is 1. The topological polar surface area (TPSA) is 69.1 Å². The maximum atomic E-state index is 11.3. The first-order valence-corrected chi connectivity index (χ1v) is 4.99. The van der Waals surface area contributed by atoms with Crippen LogP contribution in [-0.4, -0.2) is 11.4 Å². The Morgan fingerprint density at radius 1 is 1.15 bits per heavy atom. The largest absolute Gasteiger partial charge is 0.368 e. The maximum Gasteiger partial charge on any atom is 0.238 e.